The summed E-state index contributed by atoms with van der Waals surface area (Å²) in [6.07, 6.45) is 7.45. The van der Waals surface area contributed by atoms with Gasteiger partial charge in [-0.1, -0.05) is 72.8 Å². The summed E-state index contributed by atoms with van der Waals surface area (Å²) in [4.78, 5) is 12.9. The van der Waals surface area contributed by atoms with Gasteiger partial charge in [0.25, 0.3) is 0 Å². The van der Waals surface area contributed by atoms with Crippen LogP contribution in [0.1, 0.15) is 29.9 Å². The molecule has 0 spiro atoms. The fourth-order valence-electron chi connectivity index (χ4n) is 4.58. The Labute approximate surface area is 161 Å². The Morgan fingerprint density at radius 1 is 0.889 bits per heavy atom. The molecular weight excluding hydrogens is 332 g/mol. The maximum atomic E-state index is 12.9. The highest BCUT2D eigenvalue weighted by Gasteiger charge is 2.34. The van der Waals surface area contributed by atoms with Gasteiger partial charge in [-0.05, 0) is 48.3 Å². The molecule has 2 N–H and O–H groups in total. The number of hydrogen-bond donors (Lipinski definition) is 2. The molecule has 2 aromatic rings. The van der Waals surface area contributed by atoms with Crippen LogP contribution in [0, 0.1) is 17.8 Å². The first-order valence-electron chi connectivity index (χ1n) is 10.1. The SMILES string of the molecule is O=C(NCCNCC1CC2C=CC1C2)C(c1ccccc1)c1ccccc1. The molecule has 1 saturated carbocycles. The smallest absolute Gasteiger partial charge is 0.232 e. The van der Waals surface area contributed by atoms with Crippen LogP contribution in [0.2, 0.25) is 0 Å². The van der Waals surface area contributed by atoms with Crippen molar-refractivity contribution in [2.75, 3.05) is 19.6 Å². The van der Waals surface area contributed by atoms with E-state index >= 15 is 0 Å². The number of fused-ring (bicyclic) bond motifs is 2. The Bertz CT molecular complexity index is 732. The summed E-state index contributed by atoms with van der Waals surface area (Å²) in [6.45, 7) is 2.54. The first-order chi connectivity index (χ1) is 13.3. The second kappa shape index (κ2) is 8.53. The molecule has 2 aliphatic rings. The minimum atomic E-state index is -0.261. The standard InChI is InChI=1S/C24H28N2O/c27-24(26-14-13-25-17-22-16-18-11-12-21(22)15-18)23(19-7-3-1-4-8-19)20-9-5-2-6-10-20/h1-12,18,21-23,25H,13-17H2,(H,26,27). The molecule has 27 heavy (non-hydrogen) atoms. The highest BCUT2D eigenvalue weighted by molar-refractivity contribution is 5.87. The number of carbonyl (C=O) groups is 1. The number of carbonyl (C=O) groups excluding carboxylic acids is 1. The van der Waals surface area contributed by atoms with Crippen LogP contribution in [0.4, 0.5) is 0 Å². The van der Waals surface area contributed by atoms with Crippen molar-refractivity contribution in [3.8, 4) is 0 Å². The molecule has 0 aliphatic heterocycles. The van der Waals surface area contributed by atoms with E-state index in [0.29, 0.717) is 6.54 Å². The van der Waals surface area contributed by atoms with E-state index < -0.39 is 0 Å². The van der Waals surface area contributed by atoms with Gasteiger partial charge < -0.3 is 10.6 Å². The fraction of sp³-hybridized carbons (Fsp3) is 0.375. The van der Waals surface area contributed by atoms with Crippen LogP contribution in [0.25, 0.3) is 0 Å². The third kappa shape index (κ3) is 4.30. The van der Waals surface area contributed by atoms with Crippen molar-refractivity contribution in [1.29, 1.82) is 0 Å². The molecule has 3 heteroatoms. The zero-order chi connectivity index (χ0) is 18.5. The number of allylic oxidation sites excluding steroid dienone is 2. The van der Waals surface area contributed by atoms with Crippen molar-refractivity contribution < 1.29 is 4.79 Å². The number of rotatable bonds is 8. The number of benzene rings is 2. The van der Waals surface area contributed by atoms with Crippen LogP contribution in [0.15, 0.2) is 72.8 Å². The van der Waals surface area contributed by atoms with E-state index in [4.69, 9.17) is 0 Å². The van der Waals surface area contributed by atoms with Crippen LogP contribution in [0.5, 0.6) is 0 Å². The van der Waals surface area contributed by atoms with E-state index in [1.54, 1.807) is 0 Å². The van der Waals surface area contributed by atoms with Crippen LogP contribution >= 0.6 is 0 Å². The number of amides is 1. The average molecular weight is 361 g/mol. The zero-order valence-corrected chi connectivity index (χ0v) is 15.7. The first kappa shape index (κ1) is 18.0. The van der Waals surface area contributed by atoms with Gasteiger partial charge in [-0.15, -0.1) is 0 Å². The van der Waals surface area contributed by atoms with Gasteiger partial charge in [-0.25, -0.2) is 0 Å². The monoisotopic (exact) mass is 360 g/mol. The molecule has 4 rings (SSSR count). The van der Waals surface area contributed by atoms with E-state index in [9.17, 15) is 4.79 Å². The van der Waals surface area contributed by atoms with Gasteiger partial charge in [0.2, 0.25) is 5.91 Å². The highest BCUT2D eigenvalue weighted by Crippen LogP contribution is 2.42. The molecule has 3 unspecified atom stereocenters. The summed E-state index contributed by atoms with van der Waals surface area (Å²) in [6, 6.07) is 20.0. The maximum absolute atomic E-state index is 12.9. The summed E-state index contributed by atoms with van der Waals surface area (Å²) in [5.74, 6) is 2.17. The van der Waals surface area contributed by atoms with Gasteiger partial charge in [0.1, 0.15) is 0 Å². The first-order valence-corrected chi connectivity index (χ1v) is 10.1. The molecule has 1 fully saturated rings. The van der Waals surface area contributed by atoms with Crippen molar-refractivity contribution in [3.63, 3.8) is 0 Å². The van der Waals surface area contributed by atoms with E-state index in [1.807, 2.05) is 60.7 Å². The Balaban J connectivity index is 1.29. The van der Waals surface area contributed by atoms with Gasteiger partial charge in [0.15, 0.2) is 0 Å². The normalized spacial score (nSPS) is 23.1. The molecule has 140 valence electrons. The van der Waals surface area contributed by atoms with Crippen molar-refractivity contribution in [1.82, 2.24) is 10.6 Å². The van der Waals surface area contributed by atoms with E-state index in [-0.39, 0.29) is 11.8 Å². The lowest BCUT2D eigenvalue weighted by Crippen LogP contribution is -2.37. The number of hydrogen-bond acceptors (Lipinski definition) is 2. The summed E-state index contributed by atoms with van der Waals surface area (Å²) in [5.41, 5.74) is 2.06. The molecule has 0 aromatic heterocycles. The van der Waals surface area contributed by atoms with E-state index in [2.05, 4.69) is 22.8 Å². The van der Waals surface area contributed by atoms with Crippen molar-refractivity contribution >= 4 is 5.91 Å². The predicted octanol–water partition coefficient (Wildman–Crippen LogP) is 3.74. The highest BCUT2D eigenvalue weighted by atomic mass is 16.1. The zero-order valence-electron chi connectivity index (χ0n) is 15.7. The van der Waals surface area contributed by atoms with Gasteiger partial charge in [0.05, 0.1) is 5.92 Å². The summed E-state index contributed by atoms with van der Waals surface area (Å²) >= 11 is 0. The molecule has 0 saturated heterocycles. The van der Waals surface area contributed by atoms with Gasteiger partial charge in [0, 0.05) is 13.1 Å². The quantitative estimate of drug-likeness (QED) is 0.556. The second-order valence-electron chi connectivity index (χ2n) is 7.79. The van der Waals surface area contributed by atoms with Crippen LogP contribution in [-0.2, 0) is 4.79 Å². The lowest BCUT2D eigenvalue weighted by Gasteiger charge is -2.20. The molecule has 3 nitrogen and oxygen atoms in total. The minimum Gasteiger partial charge on any atom is -0.354 e. The number of nitrogens with one attached hydrogen (secondary N) is 2. The van der Waals surface area contributed by atoms with Gasteiger partial charge in [-0.2, -0.15) is 0 Å². The second-order valence-corrected chi connectivity index (χ2v) is 7.79. The average Bonchev–Trinajstić information content (AvgIpc) is 3.33. The molecule has 0 radical (unpaired) electrons. The summed E-state index contributed by atoms with van der Waals surface area (Å²) in [7, 11) is 0. The molecule has 2 aliphatic carbocycles. The van der Waals surface area contributed by atoms with E-state index in [0.717, 1.165) is 42.0 Å². The Hall–Kier alpha value is -2.39. The molecule has 1 amide bonds. The van der Waals surface area contributed by atoms with Crippen molar-refractivity contribution in [3.05, 3.63) is 83.9 Å². The lowest BCUT2D eigenvalue weighted by molar-refractivity contribution is -0.121. The Morgan fingerprint density at radius 3 is 2.11 bits per heavy atom. The Kier molecular flexibility index (Phi) is 5.69. The van der Waals surface area contributed by atoms with Crippen LogP contribution in [0.3, 0.4) is 0 Å². The summed E-state index contributed by atoms with van der Waals surface area (Å²) in [5, 5.41) is 6.66. The van der Waals surface area contributed by atoms with Crippen LogP contribution < -0.4 is 10.6 Å². The fourth-order valence-corrected chi connectivity index (χ4v) is 4.58. The molecule has 3 atom stereocenters. The Morgan fingerprint density at radius 2 is 1.56 bits per heavy atom. The molecule has 0 heterocycles. The topological polar surface area (TPSA) is 41.1 Å². The van der Waals surface area contributed by atoms with Crippen LogP contribution in [-0.4, -0.2) is 25.5 Å². The third-order valence-corrected chi connectivity index (χ3v) is 5.95. The molecule has 2 bridgehead atoms. The van der Waals surface area contributed by atoms with E-state index in [1.165, 1.54) is 12.8 Å². The largest absolute Gasteiger partial charge is 0.354 e. The van der Waals surface area contributed by atoms with Gasteiger partial charge in [-0.3, -0.25) is 4.79 Å². The van der Waals surface area contributed by atoms with Crippen molar-refractivity contribution in [2.24, 2.45) is 17.8 Å². The summed E-state index contributed by atoms with van der Waals surface area (Å²) < 4.78 is 0. The maximum Gasteiger partial charge on any atom is 0.232 e. The molecular formula is C24H28N2O. The lowest BCUT2D eigenvalue weighted by atomic mass is 9.90. The minimum absolute atomic E-state index is 0.0667. The third-order valence-electron chi connectivity index (χ3n) is 5.95. The van der Waals surface area contributed by atoms with Gasteiger partial charge >= 0.3 is 0 Å². The van der Waals surface area contributed by atoms with Crippen molar-refractivity contribution in [2.45, 2.75) is 18.8 Å². The molecule has 2 aromatic carbocycles. The predicted molar refractivity (Wildman–Crippen MR) is 109 cm³/mol.